The number of nitrogens with zero attached hydrogens (tertiary/aromatic N) is 5. The van der Waals surface area contributed by atoms with Crippen LogP contribution in [0.5, 0.6) is 11.5 Å². The van der Waals surface area contributed by atoms with Crippen LogP contribution in [0.25, 0.3) is 21.3 Å². The van der Waals surface area contributed by atoms with Crippen LogP contribution in [0.1, 0.15) is 89.8 Å². The van der Waals surface area contributed by atoms with Gasteiger partial charge in [-0.15, -0.1) is 11.3 Å². The molecule has 69 heavy (non-hydrogen) atoms. The number of unbranched alkanes of at least 4 members (excludes halogenated alkanes) is 3. The number of hydrogen-bond acceptors (Lipinski definition) is 13. The Morgan fingerprint density at radius 3 is 2.38 bits per heavy atom. The molecule has 3 aromatic carbocycles. The minimum Gasteiger partial charge on any atom is -0.493 e. The number of halogens is 3. The third-order valence-electron chi connectivity index (χ3n) is 12.8. The standard InChI is InChI=1S/C50H61Cl2FN8O7S/c1-29-45(69-28-57-29)31-14-12-30(13-15-31)25-54-48(65)38-22-32(62)26-61(38)49(66)46(50(2,3)4)59-41(63)10-8-6-7-9-11-42(64)60-20-18-33(19-21-60)68-40-23-34-37(24-39(40)67-5)55-27-56-47(34)58-36-17-16-35(51)43(52)44(36)53/h12-17,23-24,27-28,32-33,38,46,49,62,66H,6-11,18-22,25-26H2,1-5H3,(H,54,65)(H,59,63)(H,55,56,58)/t32-,38+,46-,49?/m1/s1. The van der Waals surface area contributed by atoms with E-state index in [0.717, 1.165) is 34.5 Å². The van der Waals surface area contributed by atoms with Gasteiger partial charge >= 0.3 is 0 Å². The number of aromatic nitrogens is 3. The first kappa shape index (κ1) is 51.7. The number of fused-ring (bicyclic) bond motifs is 1. The van der Waals surface area contributed by atoms with Gasteiger partial charge in [-0.1, -0.05) is 81.1 Å². The SMILES string of the molecule is COc1cc2ncnc(Nc3ccc(Cl)c(Cl)c3F)c2cc1OC1CCN(C(=O)CCCCCCC(=O)N[C@H](C(O)N2C[C@H](O)C[C@H]2C(=O)NCc2ccc(-c3scnc3C)cc2)C(C)(C)C)CC1. The van der Waals surface area contributed by atoms with Gasteiger partial charge in [0.1, 0.15) is 24.5 Å². The Morgan fingerprint density at radius 2 is 1.70 bits per heavy atom. The summed E-state index contributed by atoms with van der Waals surface area (Å²) in [5, 5.41) is 31.8. The van der Waals surface area contributed by atoms with Crippen LogP contribution in [0.2, 0.25) is 10.0 Å². The summed E-state index contributed by atoms with van der Waals surface area (Å²) in [6.45, 7) is 9.20. The van der Waals surface area contributed by atoms with Gasteiger partial charge in [-0.2, -0.15) is 0 Å². The fourth-order valence-electron chi connectivity index (χ4n) is 8.86. The summed E-state index contributed by atoms with van der Waals surface area (Å²) < 4.78 is 26.9. The zero-order valence-electron chi connectivity index (χ0n) is 39.6. The molecule has 0 saturated carbocycles. The summed E-state index contributed by atoms with van der Waals surface area (Å²) in [5.41, 5.74) is 4.85. The van der Waals surface area contributed by atoms with Crippen LogP contribution in [0.3, 0.4) is 0 Å². The molecule has 370 valence electrons. The minimum absolute atomic E-state index is 0.0782. The first-order valence-electron chi connectivity index (χ1n) is 23.4. The van der Waals surface area contributed by atoms with Crippen LogP contribution in [0.15, 0.2) is 60.4 Å². The Labute approximate surface area is 416 Å². The highest BCUT2D eigenvalue weighted by Crippen LogP contribution is 2.38. The van der Waals surface area contributed by atoms with Gasteiger partial charge in [0.25, 0.3) is 0 Å². The van der Waals surface area contributed by atoms with E-state index >= 15 is 0 Å². The fourth-order valence-corrected chi connectivity index (χ4v) is 9.99. The number of carbonyl (C=O) groups excluding carboxylic acids is 3. The van der Waals surface area contributed by atoms with Crippen molar-refractivity contribution in [2.75, 3.05) is 32.1 Å². The lowest BCUT2D eigenvalue weighted by molar-refractivity contribution is -0.135. The molecule has 2 aromatic heterocycles. The number of rotatable bonds is 19. The molecule has 15 nitrogen and oxygen atoms in total. The van der Waals surface area contributed by atoms with E-state index in [4.69, 9.17) is 32.7 Å². The van der Waals surface area contributed by atoms with E-state index in [9.17, 15) is 29.0 Å². The molecular formula is C50H61Cl2FN8O7S. The summed E-state index contributed by atoms with van der Waals surface area (Å²) in [6.07, 6.45) is 4.06. The molecule has 5 N–H and O–H groups in total. The first-order chi connectivity index (χ1) is 33.0. The van der Waals surface area contributed by atoms with Gasteiger partial charge < -0.3 is 40.5 Å². The van der Waals surface area contributed by atoms with Gasteiger partial charge in [-0.3, -0.25) is 19.3 Å². The molecule has 19 heteroatoms. The van der Waals surface area contributed by atoms with E-state index in [1.807, 2.05) is 62.4 Å². The normalized spacial score (nSPS) is 17.7. The largest absolute Gasteiger partial charge is 0.493 e. The van der Waals surface area contributed by atoms with Crippen LogP contribution < -0.4 is 25.4 Å². The number of amides is 3. The number of β-amino-alcohol motifs (C(OH)–C–C–N with tert-alkyl or cyclic N) is 1. The molecule has 5 aromatic rings. The van der Waals surface area contributed by atoms with Gasteiger partial charge in [-0.05, 0) is 60.9 Å². The highest BCUT2D eigenvalue weighted by Gasteiger charge is 2.45. The van der Waals surface area contributed by atoms with Crippen LogP contribution in [-0.2, 0) is 20.9 Å². The van der Waals surface area contributed by atoms with E-state index in [1.54, 1.807) is 35.5 Å². The predicted molar refractivity (Wildman–Crippen MR) is 266 cm³/mol. The highest BCUT2D eigenvalue weighted by molar-refractivity contribution is 7.13. The molecule has 3 amide bonds. The third kappa shape index (κ3) is 13.0. The summed E-state index contributed by atoms with van der Waals surface area (Å²) in [7, 11) is 1.54. The van der Waals surface area contributed by atoms with Crippen molar-refractivity contribution in [1.29, 1.82) is 0 Å². The second-order valence-electron chi connectivity index (χ2n) is 18.8. The van der Waals surface area contributed by atoms with Crippen molar-refractivity contribution in [2.24, 2.45) is 5.41 Å². The average molecular weight is 1010 g/mol. The van der Waals surface area contributed by atoms with Gasteiger partial charge in [-0.25, -0.2) is 19.3 Å². The van der Waals surface area contributed by atoms with Gasteiger partial charge in [0.05, 0.1) is 62.6 Å². The van der Waals surface area contributed by atoms with Crippen molar-refractivity contribution in [3.63, 3.8) is 0 Å². The number of benzene rings is 3. The number of anilines is 2. The molecule has 0 radical (unpaired) electrons. The Bertz CT molecular complexity index is 2590. The lowest BCUT2D eigenvalue weighted by atomic mass is 9.84. The van der Waals surface area contributed by atoms with Crippen LogP contribution in [0, 0.1) is 18.2 Å². The zero-order valence-corrected chi connectivity index (χ0v) is 41.9. The highest BCUT2D eigenvalue weighted by atomic mass is 35.5. The maximum Gasteiger partial charge on any atom is 0.237 e. The van der Waals surface area contributed by atoms with Crippen LogP contribution in [-0.4, -0.2) is 110 Å². The lowest BCUT2D eigenvalue weighted by Crippen LogP contribution is -2.60. The van der Waals surface area contributed by atoms with Gasteiger partial charge in [0, 0.05) is 63.3 Å². The van der Waals surface area contributed by atoms with Crippen molar-refractivity contribution >= 4 is 74.7 Å². The Kier molecular flexibility index (Phi) is 17.3. The molecule has 0 aliphatic carbocycles. The average Bonchev–Trinajstić information content (AvgIpc) is 3.95. The molecular weight excluding hydrogens is 947 g/mol. The van der Waals surface area contributed by atoms with Crippen molar-refractivity contribution in [2.45, 2.75) is 123 Å². The number of carbonyl (C=O) groups is 3. The van der Waals surface area contributed by atoms with Crippen LogP contribution >= 0.6 is 34.5 Å². The van der Waals surface area contributed by atoms with Gasteiger partial charge in [0.2, 0.25) is 17.7 Å². The molecule has 4 atom stereocenters. The van der Waals surface area contributed by atoms with E-state index in [2.05, 4.69) is 30.9 Å². The Morgan fingerprint density at radius 1 is 0.971 bits per heavy atom. The summed E-state index contributed by atoms with van der Waals surface area (Å²) >= 11 is 13.6. The number of aryl methyl sites for hydroxylation is 1. The summed E-state index contributed by atoms with van der Waals surface area (Å²) in [6, 6.07) is 12.9. The van der Waals surface area contributed by atoms with Crippen molar-refractivity contribution in [1.82, 2.24) is 35.4 Å². The second kappa shape index (κ2) is 23.2. The molecule has 2 aliphatic heterocycles. The number of likely N-dealkylation sites (tertiary alicyclic amines) is 2. The molecule has 2 saturated heterocycles. The lowest BCUT2D eigenvalue weighted by Gasteiger charge is -2.40. The number of methoxy groups -OCH3 is 1. The molecule has 1 unspecified atom stereocenters. The molecule has 2 aliphatic rings. The van der Waals surface area contributed by atoms with Crippen molar-refractivity contribution < 1.29 is 38.5 Å². The maximum atomic E-state index is 14.9. The Hall–Kier alpha value is -5.17. The summed E-state index contributed by atoms with van der Waals surface area (Å²) in [4.78, 5) is 57.6. The van der Waals surface area contributed by atoms with Crippen molar-refractivity contribution in [3.05, 3.63) is 87.5 Å². The second-order valence-corrected chi connectivity index (χ2v) is 20.5. The monoisotopic (exact) mass is 1010 g/mol. The van der Waals surface area contributed by atoms with E-state index in [-0.39, 0.29) is 65.5 Å². The van der Waals surface area contributed by atoms with E-state index in [0.29, 0.717) is 73.4 Å². The van der Waals surface area contributed by atoms with E-state index in [1.165, 1.54) is 18.5 Å². The zero-order chi connectivity index (χ0) is 49.4. The number of hydrogen-bond donors (Lipinski definition) is 5. The van der Waals surface area contributed by atoms with Crippen molar-refractivity contribution in [3.8, 4) is 21.9 Å². The first-order valence-corrected chi connectivity index (χ1v) is 25.0. The number of nitrogens with one attached hydrogen (secondary N) is 3. The Balaban J connectivity index is 0.825. The van der Waals surface area contributed by atoms with Gasteiger partial charge in [0.15, 0.2) is 17.3 Å². The third-order valence-corrected chi connectivity index (χ3v) is 14.5. The topological polar surface area (TPSA) is 191 Å². The van der Waals surface area contributed by atoms with E-state index < -0.39 is 35.6 Å². The minimum atomic E-state index is -1.21. The number of piperidine rings is 1. The van der Waals surface area contributed by atoms with Crippen LogP contribution in [0.4, 0.5) is 15.9 Å². The molecule has 0 bridgehead atoms. The number of aliphatic hydroxyl groups is 2. The molecule has 2 fully saturated rings. The molecule has 7 rings (SSSR count). The number of aliphatic hydroxyl groups excluding tert-OH is 2. The number of thiazole rings is 1. The fraction of sp³-hybridized carbons (Fsp3) is 0.480. The molecule has 0 spiro atoms. The maximum absolute atomic E-state index is 14.9. The smallest absolute Gasteiger partial charge is 0.237 e. The number of ether oxygens (including phenoxy) is 2. The summed E-state index contributed by atoms with van der Waals surface area (Å²) in [5.74, 6) is 0.151. The quantitative estimate of drug-likeness (QED) is 0.0392. The predicted octanol–water partition coefficient (Wildman–Crippen LogP) is 8.57. The molecule has 4 heterocycles.